The Morgan fingerprint density at radius 2 is 1.65 bits per heavy atom. The van der Waals surface area contributed by atoms with Crippen molar-refractivity contribution in [2.75, 3.05) is 0 Å². The minimum Gasteiger partial charge on any atom is -0.384 e. The van der Waals surface area contributed by atoms with E-state index in [1.54, 1.807) is 0 Å². The molecular weight excluding hydrogens is 232 g/mol. The standard InChI is InChI=1S/C14H22N2.ClH/c1-2-3-4-5-6-7-12-8-10-13(11-9-12)14(15)16;/h8-11H,2-7H2,1H3,(H3,15,16);1H. The van der Waals surface area contributed by atoms with Gasteiger partial charge in [-0.2, -0.15) is 0 Å². The molecule has 0 bridgehead atoms. The maximum absolute atomic E-state index is 7.30. The average molecular weight is 255 g/mol. The van der Waals surface area contributed by atoms with Crippen LogP contribution >= 0.6 is 12.4 Å². The Morgan fingerprint density at radius 3 is 2.18 bits per heavy atom. The molecule has 0 radical (unpaired) electrons. The Bertz CT molecular complexity index is 319. The second-order valence-electron chi connectivity index (χ2n) is 4.27. The molecule has 0 spiro atoms. The number of nitrogen functional groups attached to an aromatic ring is 1. The van der Waals surface area contributed by atoms with Crippen LogP contribution in [0, 0.1) is 5.41 Å². The van der Waals surface area contributed by atoms with Gasteiger partial charge in [0.25, 0.3) is 0 Å². The van der Waals surface area contributed by atoms with Gasteiger partial charge in [-0.25, -0.2) is 0 Å². The summed E-state index contributed by atoms with van der Waals surface area (Å²) in [6.45, 7) is 2.24. The Kier molecular flexibility index (Phi) is 8.51. The van der Waals surface area contributed by atoms with Crippen LogP contribution in [-0.4, -0.2) is 5.84 Å². The molecule has 17 heavy (non-hydrogen) atoms. The Balaban J connectivity index is 0.00000256. The first-order chi connectivity index (χ1) is 7.74. The number of aryl methyl sites for hydroxylation is 1. The van der Waals surface area contributed by atoms with Crippen LogP contribution in [0.1, 0.15) is 50.2 Å². The highest BCUT2D eigenvalue weighted by Gasteiger charge is 1.97. The van der Waals surface area contributed by atoms with Crippen molar-refractivity contribution in [1.29, 1.82) is 5.41 Å². The third kappa shape index (κ3) is 6.32. The van der Waals surface area contributed by atoms with Crippen molar-refractivity contribution < 1.29 is 0 Å². The number of nitrogens with one attached hydrogen (secondary N) is 1. The van der Waals surface area contributed by atoms with E-state index >= 15 is 0 Å². The molecular formula is C14H23ClN2. The average Bonchev–Trinajstić information content (AvgIpc) is 2.29. The third-order valence-electron chi connectivity index (χ3n) is 2.83. The number of unbranched alkanes of at least 4 members (excludes halogenated alkanes) is 4. The number of hydrogen-bond donors (Lipinski definition) is 2. The van der Waals surface area contributed by atoms with Gasteiger partial charge in [0.2, 0.25) is 0 Å². The van der Waals surface area contributed by atoms with E-state index in [0.717, 1.165) is 12.0 Å². The van der Waals surface area contributed by atoms with Crippen LogP contribution in [0.25, 0.3) is 0 Å². The summed E-state index contributed by atoms with van der Waals surface area (Å²) in [5.41, 5.74) is 7.57. The summed E-state index contributed by atoms with van der Waals surface area (Å²) >= 11 is 0. The lowest BCUT2D eigenvalue weighted by Crippen LogP contribution is -2.10. The summed E-state index contributed by atoms with van der Waals surface area (Å²) < 4.78 is 0. The quantitative estimate of drug-likeness (QED) is 0.433. The highest BCUT2D eigenvalue weighted by atomic mass is 35.5. The minimum absolute atomic E-state index is 0. The van der Waals surface area contributed by atoms with Gasteiger partial charge in [0.1, 0.15) is 5.84 Å². The third-order valence-corrected chi connectivity index (χ3v) is 2.83. The van der Waals surface area contributed by atoms with Gasteiger partial charge in [-0.05, 0) is 18.4 Å². The van der Waals surface area contributed by atoms with Crippen LogP contribution in [0.15, 0.2) is 24.3 Å². The lowest BCUT2D eigenvalue weighted by molar-refractivity contribution is 0.632. The molecule has 1 rings (SSSR count). The zero-order valence-corrected chi connectivity index (χ0v) is 11.4. The van der Waals surface area contributed by atoms with Crippen molar-refractivity contribution in [2.24, 2.45) is 5.73 Å². The fourth-order valence-electron chi connectivity index (χ4n) is 1.78. The molecule has 0 aliphatic carbocycles. The number of halogens is 1. The predicted octanol–water partition coefficient (Wildman–Crippen LogP) is 3.91. The molecule has 3 heteroatoms. The second kappa shape index (κ2) is 9.06. The molecule has 0 fully saturated rings. The van der Waals surface area contributed by atoms with Crippen molar-refractivity contribution in [3.63, 3.8) is 0 Å². The van der Waals surface area contributed by atoms with Crippen LogP contribution in [-0.2, 0) is 6.42 Å². The molecule has 0 atom stereocenters. The molecule has 0 saturated carbocycles. The summed E-state index contributed by atoms with van der Waals surface area (Å²) in [7, 11) is 0. The van der Waals surface area contributed by atoms with Crippen molar-refractivity contribution >= 4 is 18.2 Å². The van der Waals surface area contributed by atoms with Crippen LogP contribution < -0.4 is 5.73 Å². The molecule has 0 aliphatic heterocycles. The minimum atomic E-state index is 0. The van der Waals surface area contributed by atoms with Crippen molar-refractivity contribution in [3.05, 3.63) is 35.4 Å². The second-order valence-corrected chi connectivity index (χ2v) is 4.27. The summed E-state index contributed by atoms with van der Waals surface area (Å²) in [5.74, 6) is 0.148. The van der Waals surface area contributed by atoms with Gasteiger partial charge in [-0.3, -0.25) is 5.41 Å². The van der Waals surface area contributed by atoms with E-state index in [2.05, 4.69) is 19.1 Å². The van der Waals surface area contributed by atoms with Gasteiger partial charge in [-0.1, -0.05) is 56.9 Å². The Morgan fingerprint density at radius 1 is 1.06 bits per heavy atom. The molecule has 1 aromatic carbocycles. The van der Waals surface area contributed by atoms with E-state index in [1.165, 1.54) is 37.7 Å². The molecule has 0 aliphatic rings. The van der Waals surface area contributed by atoms with Crippen LogP contribution in [0.5, 0.6) is 0 Å². The monoisotopic (exact) mass is 254 g/mol. The van der Waals surface area contributed by atoms with E-state index < -0.39 is 0 Å². The molecule has 0 aromatic heterocycles. The highest BCUT2D eigenvalue weighted by molar-refractivity contribution is 5.94. The summed E-state index contributed by atoms with van der Waals surface area (Å²) in [6.07, 6.45) is 7.72. The normalized spacial score (nSPS) is 9.71. The maximum atomic E-state index is 7.30. The molecule has 3 N–H and O–H groups in total. The van der Waals surface area contributed by atoms with E-state index in [1.807, 2.05) is 12.1 Å². The molecule has 1 aromatic rings. The van der Waals surface area contributed by atoms with Crippen molar-refractivity contribution in [1.82, 2.24) is 0 Å². The fraction of sp³-hybridized carbons (Fsp3) is 0.500. The summed E-state index contributed by atoms with van der Waals surface area (Å²) in [6, 6.07) is 8.03. The number of hydrogen-bond acceptors (Lipinski definition) is 1. The van der Waals surface area contributed by atoms with Gasteiger partial charge in [0, 0.05) is 5.56 Å². The van der Waals surface area contributed by atoms with Gasteiger partial charge in [-0.15, -0.1) is 12.4 Å². The van der Waals surface area contributed by atoms with E-state index in [-0.39, 0.29) is 18.2 Å². The van der Waals surface area contributed by atoms with E-state index in [9.17, 15) is 0 Å². The Labute approximate surface area is 111 Å². The van der Waals surface area contributed by atoms with Gasteiger partial charge < -0.3 is 5.73 Å². The van der Waals surface area contributed by atoms with Crippen LogP contribution in [0.4, 0.5) is 0 Å². The predicted molar refractivity (Wildman–Crippen MR) is 77.2 cm³/mol. The number of amidine groups is 1. The smallest absolute Gasteiger partial charge is 0.122 e. The fourth-order valence-corrected chi connectivity index (χ4v) is 1.78. The lowest BCUT2D eigenvalue weighted by atomic mass is 10.0. The van der Waals surface area contributed by atoms with Gasteiger partial charge >= 0.3 is 0 Å². The number of nitrogens with two attached hydrogens (primary N) is 1. The van der Waals surface area contributed by atoms with E-state index in [4.69, 9.17) is 11.1 Å². The zero-order valence-electron chi connectivity index (χ0n) is 10.5. The molecule has 0 unspecified atom stereocenters. The van der Waals surface area contributed by atoms with Crippen molar-refractivity contribution in [2.45, 2.75) is 45.4 Å². The lowest BCUT2D eigenvalue weighted by Gasteiger charge is -2.03. The summed E-state index contributed by atoms with van der Waals surface area (Å²) in [4.78, 5) is 0. The first-order valence-electron chi connectivity index (χ1n) is 6.17. The number of rotatable bonds is 7. The SMILES string of the molecule is CCCCCCCc1ccc(C(=N)N)cc1.Cl. The molecule has 0 saturated heterocycles. The molecule has 0 heterocycles. The Hall–Kier alpha value is -1.02. The van der Waals surface area contributed by atoms with Crippen LogP contribution in [0.3, 0.4) is 0 Å². The maximum Gasteiger partial charge on any atom is 0.122 e. The molecule has 96 valence electrons. The largest absolute Gasteiger partial charge is 0.384 e. The van der Waals surface area contributed by atoms with Crippen LogP contribution in [0.2, 0.25) is 0 Å². The van der Waals surface area contributed by atoms with Crippen molar-refractivity contribution in [3.8, 4) is 0 Å². The molecule has 0 amide bonds. The van der Waals surface area contributed by atoms with Gasteiger partial charge in [0.15, 0.2) is 0 Å². The summed E-state index contributed by atoms with van der Waals surface area (Å²) in [5, 5.41) is 7.30. The van der Waals surface area contributed by atoms with E-state index in [0.29, 0.717) is 0 Å². The zero-order chi connectivity index (χ0) is 11.8. The van der Waals surface area contributed by atoms with Gasteiger partial charge in [0.05, 0.1) is 0 Å². The first kappa shape index (κ1) is 16.0. The highest BCUT2D eigenvalue weighted by Crippen LogP contribution is 2.10. The topological polar surface area (TPSA) is 49.9 Å². The first-order valence-corrected chi connectivity index (χ1v) is 6.17. The molecule has 2 nitrogen and oxygen atoms in total. The number of benzene rings is 1.